The predicted molar refractivity (Wildman–Crippen MR) is 131 cm³/mol. The highest BCUT2D eigenvalue weighted by molar-refractivity contribution is 7.12. The molecule has 1 fully saturated rings. The number of carbonyl (C=O) groups is 2. The van der Waals surface area contributed by atoms with E-state index in [1.807, 2.05) is 29.2 Å². The number of thiophene rings is 1. The van der Waals surface area contributed by atoms with E-state index < -0.39 is 11.7 Å². The van der Waals surface area contributed by atoms with E-state index in [0.717, 1.165) is 30.7 Å². The summed E-state index contributed by atoms with van der Waals surface area (Å²) in [6, 6.07) is 11.8. The number of pyridine rings is 1. The van der Waals surface area contributed by atoms with Crippen LogP contribution in [0.2, 0.25) is 0 Å². The van der Waals surface area contributed by atoms with Crippen molar-refractivity contribution >= 4 is 28.8 Å². The quantitative estimate of drug-likeness (QED) is 0.433. The second-order valence-corrected chi connectivity index (χ2v) is 9.50. The van der Waals surface area contributed by atoms with Crippen molar-refractivity contribution in [1.82, 2.24) is 9.88 Å². The van der Waals surface area contributed by atoms with E-state index in [2.05, 4.69) is 10.3 Å². The smallest absolute Gasteiger partial charge is 0.417 e. The van der Waals surface area contributed by atoms with Crippen LogP contribution in [0.5, 0.6) is 5.75 Å². The van der Waals surface area contributed by atoms with Crippen LogP contribution in [0, 0.1) is 0 Å². The number of amides is 2. The van der Waals surface area contributed by atoms with E-state index >= 15 is 0 Å². The van der Waals surface area contributed by atoms with E-state index in [1.165, 1.54) is 24.5 Å². The van der Waals surface area contributed by atoms with Crippen LogP contribution in [0.15, 0.2) is 54.0 Å². The van der Waals surface area contributed by atoms with Crippen LogP contribution in [-0.4, -0.2) is 41.9 Å². The minimum absolute atomic E-state index is 0.0165. The number of hydrogen-bond donors (Lipinski definition) is 1. The summed E-state index contributed by atoms with van der Waals surface area (Å²) >= 11 is 1.32. The number of aromatic nitrogens is 1. The van der Waals surface area contributed by atoms with Gasteiger partial charge >= 0.3 is 6.18 Å². The maximum absolute atomic E-state index is 12.7. The zero-order chi connectivity index (χ0) is 25.7. The highest BCUT2D eigenvalue weighted by Crippen LogP contribution is 2.31. The molecule has 0 spiro atoms. The lowest BCUT2D eigenvalue weighted by atomic mass is 9.89. The lowest BCUT2D eigenvalue weighted by molar-refractivity contribution is -0.138. The summed E-state index contributed by atoms with van der Waals surface area (Å²) in [6.07, 6.45) is -1.45. The summed E-state index contributed by atoms with van der Waals surface area (Å²) in [5.74, 6) is 0.629. The fraction of sp³-hybridized carbons (Fsp3) is 0.346. The van der Waals surface area contributed by atoms with Crippen LogP contribution in [0.1, 0.15) is 51.7 Å². The van der Waals surface area contributed by atoms with Gasteiger partial charge in [0, 0.05) is 37.1 Å². The van der Waals surface area contributed by atoms with Gasteiger partial charge in [-0.05, 0) is 66.5 Å². The van der Waals surface area contributed by atoms with Gasteiger partial charge in [-0.25, -0.2) is 0 Å². The van der Waals surface area contributed by atoms with Crippen molar-refractivity contribution in [3.05, 3.63) is 75.7 Å². The van der Waals surface area contributed by atoms with Crippen molar-refractivity contribution in [3.8, 4) is 5.75 Å². The zero-order valence-electron chi connectivity index (χ0n) is 19.7. The molecule has 36 heavy (non-hydrogen) atoms. The number of halogens is 3. The number of benzene rings is 1. The van der Waals surface area contributed by atoms with Crippen LogP contribution >= 0.6 is 11.3 Å². The molecule has 1 aliphatic rings. The minimum atomic E-state index is -4.42. The number of hydrogen-bond acceptors (Lipinski definition) is 5. The number of carbonyl (C=O) groups excluding carboxylic acids is 2. The zero-order valence-corrected chi connectivity index (χ0v) is 20.5. The Bertz CT molecular complexity index is 1190. The summed E-state index contributed by atoms with van der Waals surface area (Å²) < 4.78 is 43.2. The fourth-order valence-corrected chi connectivity index (χ4v) is 5.00. The normalized spacial score (nSPS) is 14.5. The van der Waals surface area contributed by atoms with E-state index in [9.17, 15) is 22.8 Å². The first-order valence-corrected chi connectivity index (χ1v) is 12.4. The Morgan fingerprint density at radius 1 is 1.11 bits per heavy atom. The van der Waals surface area contributed by atoms with E-state index in [4.69, 9.17) is 4.74 Å². The molecular formula is C26H26F3N3O3S. The Kier molecular flexibility index (Phi) is 7.93. The number of piperidine rings is 1. The molecule has 0 unspecified atom stereocenters. The molecule has 2 aromatic heterocycles. The van der Waals surface area contributed by atoms with Gasteiger partial charge in [0.1, 0.15) is 10.6 Å². The summed E-state index contributed by atoms with van der Waals surface area (Å²) in [7, 11) is 1.53. The van der Waals surface area contributed by atoms with Gasteiger partial charge in [-0.15, -0.1) is 11.3 Å². The standard InChI is InChI=1S/C26H26F3N3O3S/c1-35-22-12-15-36-24(22)25(34)31-21-5-2-17(3-6-21)18-10-13-32(14-11-18)23(33)9-8-20-7-4-19(16-30-20)26(27,28)29/h2-7,12,15-16,18H,8-11,13-14H2,1H3,(H,31,34). The summed E-state index contributed by atoms with van der Waals surface area (Å²) in [6.45, 7) is 1.25. The van der Waals surface area contributed by atoms with Gasteiger partial charge in [-0.1, -0.05) is 12.1 Å². The molecule has 1 saturated heterocycles. The Morgan fingerprint density at radius 3 is 2.44 bits per heavy atom. The van der Waals surface area contributed by atoms with Crippen molar-refractivity contribution < 1.29 is 27.5 Å². The summed E-state index contributed by atoms with van der Waals surface area (Å²) in [5.41, 5.74) is 1.53. The van der Waals surface area contributed by atoms with Gasteiger partial charge in [0.05, 0.1) is 12.7 Å². The molecule has 6 nitrogen and oxygen atoms in total. The van der Waals surface area contributed by atoms with E-state index in [-0.39, 0.29) is 18.2 Å². The summed E-state index contributed by atoms with van der Waals surface area (Å²) in [5, 5.41) is 4.69. The molecule has 0 saturated carbocycles. The van der Waals surface area contributed by atoms with Crippen molar-refractivity contribution in [3.63, 3.8) is 0 Å². The average molecular weight is 518 g/mol. The molecular weight excluding hydrogens is 491 g/mol. The number of likely N-dealkylation sites (tertiary alicyclic amines) is 1. The maximum Gasteiger partial charge on any atom is 0.417 e. The highest BCUT2D eigenvalue weighted by Gasteiger charge is 2.30. The Balaban J connectivity index is 1.24. The number of anilines is 1. The highest BCUT2D eigenvalue weighted by atomic mass is 32.1. The van der Waals surface area contributed by atoms with Crippen LogP contribution in [-0.2, 0) is 17.4 Å². The number of nitrogens with zero attached hydrogens (tertiary/aromatic N) is 2. The molecule has 0 aliphatic carbocycles. The van der Waals surface area contributed by atoms with Gasteiger partial charge in [0.15, 0.2) is 0 Å². The topological polar surface area (TPSA) is 71.5 Å². The molecule has 3 aromatic rings. The SMILES string of the molecule is COc1ccsc1C(=O)Nc1ccc(C2CCN(C(=O)CCc3ccc(C(F)(F)F)cn3)CC2)cc1. The monoisotopic (exact) mass is 517 g/mol. The van der Waals surface area contributed by atoms with Gasteiger partial charge in [-0.3, -0.25) is 14.6 Å². The van der Waals surface area contributed by atoms with Crippen LogP contribution < -0.4 is 10.1 Å². The van der Waals surface area contributed by atoms with E-state index in [1.54, 1.807) is 11.4 Å². The first-order valence-electron chi connectivity index (χ1n) is 11.6. The Labute approximate surface area is 211 Å². The second-order valence-electron chi connectivity index (χ2n) is 8.59. The van der Waals surface area contributed by atoms with Crippen molar-refractivity contribution in [2.45, 2.75) is 37.8 Å². The van der Waals surface area contributed by atoms with Gasteiger partial charge < -0.3 is 15.0 Å². The van der Waals surface area contributed by atoms with E-state index in [0.29, 0.717) is 47.4 Å². The van der Waals surface area contributed by atoms with Crippen molar-refractivity contribution in [2.24, 2.45) is 0 Å². The largest absolute Gasteiger partial charge is 0.495 e. The molecule has 0 radical (unpaired) electrons. The molecule has 4 rings (SSSR count). The molecule has 1 aliphatic heterocycles. The third kappa shape index (κ3) is 6.23. The van der Waals surface area contributed by atoms with Crippen molar-refractivity contribution in [2.75, 3.05) is 25.5 Å². The first-order chi connectivity index (χ1) is 17.2. The Hall–Kier alpha value is -3.40. The molecule has 0 bridgehead atoms. The first kappa shape index (κ1) is 25.7. The van der Waals surface area contributed by atoms with Gasteiger partial charge in [0.25, 0.3) is 5.91 Å². The third-order valence-electron chi connectivity index (χ3n) is 6.29. The predicted octanol–water partition coefficient (Wildman–Crippen LogP) is 5.76. The maximum atomic E-state index is 12.7. The lowest BCUT2D eigenvalue weighted by Crippen LogP contribution is -2.38. The second kappa shape index (κ2) is 11.1. The summed E-state index contributed by atoms with van der Waals surface area (Å²) in [4.78, 5) is 31.2. The molecule has 2 amide bonds. The lowest BCUT2D eigenvalue weighted by Gasteiger charge is -2.32. The molecule has 0 atom stereocenters. The van der Waals surface area contributed by atoms with Crippen LogP contribution in [0.3, 0.4) is 0 Å². The fourth-order valence-electron chi connectivity index (χ4n) is 4.25. The third-order valence-corrected chi connectivity index (χ3v) is 7.18. The number of ether oxygens (including phenoxy) is 1. The average Bonchev–Trinajstić information content (AvgIpc) is 3.37. The number of aryl methyl sites for hydroxylation is 1. The van der Waals surface area contributed by atoms with Gasteiger partial charge in [-0.2, -0.15) is 13.2 Å². The Morgan fingerprint density at radius 2 is 1.83 bits per heavy atom. The molecule has 190 valence electrons. The molecule has 1 aromatic carbocycles. The van der Waals surface area contributed by atoms with Crippen molar-refractivity contribution in [1.29, 1.82) is 0 Å². The molecule has 1 N–H and O–H groups in total. The number of methoxy groups -OCH3 is 1. The number of rotatable bonds is 7. The van der Waals surface area contributed by atoms with Gasteiger partial charge in [0.2, 0.25) is 5.91 Å². The number of alkyl halides is 3. The van der Waals surface area contributed by atoms with Crippen LogP contribution in [0.25, 0.3) is 0 Å². The van der Waals surface area contributed by atoms with Crippen LogP contribution in [0.4, 0.5) is 18.9 Å². The minimum Gasteiger partial charge on any atom is -0.495 e. The molecule has 10 heteroatoms. The molecule has 3 heterocycles. The number of nitrogens with one attached hydrogen (secondary N) is 1.